The first-order chi connectivity index (χ1) is 12.7. The average Bonchev–Trinajstić information content (AvgIpc) is 3.21. The fourth-order valence-electron chi connectivity index (χ4n) is 2.70. The van der Waals surface area contributed by atoms with Gasteiger partial charge in [0, 0.05) is 12.5 Å². The highest BCUT2D eigenvalue weighted by Gasteiger charge is 2.33. The number of amides is 3. The number of carbonyl (C=O) groups excluding carboxylic acids is 2. The number of hydrogen-bond acceptors (Lipinski definition) is 5. The number of carbonyl (C=O) groups is 2. The van der Waals surface area contributed by atoms with E-state index in [0.29, 0.717) is 29.6 Å². The van der Waals surface area contributed by atoms with E-state index in [1.54, 1.807) is 12.2 Å². The maximum Gasteiger partial charge on any atom is 0.324 e. The van der Waals surface area contributed by atoms with Gasteiger partial charge in [-0.05, 0) is 25.8 Å². The van der Waals surface area contributed by atoms with Gasteiger partial charge in [-0.1, -0.05) is 37.8 Å². The van der Waals surface area contributed by atoms with Gasteiger partial charge >= 0.3 is 6.03 Å². The van der Waals surface area contributed by atoms with E-state index in [4.69, 9.17) is 11.5 Å². The van der Waals surface area contributed by atoms with Gasteiger partial charge in [0.2, 0.25) is 5.91 Å². The summed E-state index contributed by atoms with van der Waals surface area (Å²) in [4.78, 5) is 35.1. The smallest absolute Gasteiger partial charge is 0.324 e. The molecule has 1 fully saturated rings. The molecule has 2 rings (SSSR count). The van der Waals surface area contributed by atoms with E-state index in [1.165, 1.54) is 16.2 Å². The van der Waals surface area contributed by atoms with Gasteiger partial charge in [-0.15, -0.1) is 0 Å². The first-order valence-corrected chi connectivity index (χ1v) is 9.57. The largest absolute Gasteiger partial charge is 0.387 e. The normalized spacial score (nSPS) is 18.1. The molecule has 146 valence electrons. The van der Waals surface area contributed by atoms with Crippen molar-refractivity contribution in [1.82, 2.24) is 9.88 Å². The Labute approximate surface area is 163 Å². The van der Waals surface area contributed by atoms with Crippen LogP contribution < -0.4 is 16.8 Å². The molecule has 0 radical (unpaired) electrons. The van der Waals surface area contributed by atoms with Gasteiger partial charge < -0.3 is 16.4 Å². The molecule has 1 saturated heterocycles. The molecule has 0 aliphatic carbocycles. The summed E-state index contributed by atoms with van der Waals surface area (Å²) in [5.74, 6) is 0.114. The van der Waals surface area contributed by atoms with Gasteiger partial charge in [0.15, 0.2) is 5.13 Å². The summed E-state index contributed by atoms with van der Waals surface area (Å²) in [6.07, 6.45) is 4.72. The number of nitrogens with one attached hydrogen (secondary N) is 1. The molecule has 0 bridgehead atoms. The van der Waals surface area contributed by atoms with E-state index in [0.717, 1.165) is 17.0 Å². The molecule has 5 N–H and O–H groups in total. The van der Waals surface area contributed by atoms with Crippen LogP contribution in [0.5, 0.6) is 0 Å². The Morgan fingerprint density at radius 2 is 2.15 bits per heavy atom. The number of hydrogen-bond donors (Lipinski definition) is 3. The van der Waals surface area contributed by atoms with Crippen LogP contribution in [0.4, 0.5) is 9.93 Å². The van der Waals surface area contributed by atoms with E-state index in [-0.39, 0.29) is 11.9 Å². The van der Waals surface area contributed by atoms with Crippen molar-refractivity contribution in [3.8, 4) is 0 Å². The van der Waals surface area contributed by atoms with Crippen molar-refractivity contribution in [3.63, 3.8) is 0 Å². The second-order valence-electron chi connectivity index (χ2n) is 6.60. The Morgan fingerprint density at radius 3 is 2.74 bits per heavy atom. The highest BCUT2D eigenvalue weighted by molar-refractivity contribution is 7.17. The van der Waals surface area contributed by atoms with Crippen LogP contribution in [0, 0.1) is 12.8 Å². The molecule has 3 amide bonds. The van der Waals surface area contributed by atoms with Crippen molar-refractivity contribution >= 4 is 39.9 Å². The lowest BCUT2D eigenvalue weighted by molar-refractivity contribution is -0.121. The lowest BCUT2D eigenvalue weighted by Gasteiger charge is -2.21. The monoisotopic (exact) mass is 390 g/mol. The molecular formula is C18H26N6O2S. The van der Waals surface area contributed by atoms with Crippen molar-refractivity contribution in [1.29, 1.82) is 0 Å². The summed E-state index contributed by atoms with van der Waals surface area (Å²) in [5.41, 5.74) is 12.7. The number of rotatable bonds is 6. The molecule has 1 aromatic rings. The minimum atomic E-state index is -0.572. The topological polar surface area (TPSA) is 127 Å². The highest BCUT2D eigenvalue weighted by atomic mass is 32.1. The number of primary amides is 1. The molecule has 1 aromatic heterocycles. The Bertz CT molecular complexity index is 796. The molecule has 0 saturated carbocycles. The number of urea groups is 1. The van der Waals surface area contributed by atoms with Crippen LogP contribution >= 0.6 is 11.3 Å². The van der Waals surface area contributed by atoms with Crippen LogP contribution in [0.25, 0.3) is 5.70 Å². The first kappa shape index (κ1) is 20.6. The number of likely N-dealkylation sites (tertiary alicyclic amines) is 1. The van der Waals surface area contributed by atoms with E-state index in [9.17, 15) is 9.59 Å². The number of anilines is 1. The fourth-order valence-corrected chi connectivity index (χ4v) is 3.63. The zero-order chi connectivity index (χ0) is 20.1. The molecule has 0 spiro atoms. The Hall–Kier alpha value is -2.68. The third-order valence-electron chi connectivity index (χ3n) is 4.20. The molecule has 1 aliphatic heterocycles. The maximum atomic E-state index is 12.5. The van der Waals surface area contributed by atoms with E-state index in [1.807, 2.05) is 20.8 Å². The molecule has 1 atom stereocenters. The quantitative estimate of drug-likeness (QED) is 0.392. The van der Waals surface area contributed by atoms with Gasteiger partial charge in [-0.25, -0.2) is 14.8 Å². The van der Waals surface area contributed by atoms with Crippen molar-refractivity contribution in [2.24, 2.45) is 22.4 Å². The number of allylic oxidation sites excluding steroid dienone is 2. The summed E-state index contributed by atoms with van der Waals surface area (Å²) in [5, 5.41) is 3.18. The van der Waals surface area contributed by atoms with Crippen LogP contribution in [0.15, 0.2) is 23.7 Å². The molecule has 1 aliphatic rings. The van der Waals surface area contributed by atoms with Crippen LogP contribution in [-0.2, 0) is 4.79 Å². The number of aliphatic imine (C=N–C) groups is 1. The van der Waals surface area contributed by atoms with Crippen molar-refractivity contribution < 1.29 is 9.59 Å². The number of aryl methyl sites for hydroxylation is 1. The van der Waals surface area contributed by atoms with E-state index < -0.39 is 11.9 Å². The third-order valence-corrected chi connectivity index (χ3v) is 5.30. The average molecular weight is 391 g/mol. The van der Waals surface area contributed by atoms with E-state index >= 15 is 0 Å². The molecular weight excluding hydrogens is 364 g/mol. The van der Waals surface area contributed by atoms with Gasteiger partial charge in [-0.2, -0.15) is 0 Å². The zero-order valence-electron chi connectivity index (χ0n) is 15.9. The maximum absolute atomic E-state index is 12.5. The first-order valence-electron chi connectivity index (χ1n) is 8.76. The molecule has 0 aromatic carbocycles. The standard InChI is InChI=1S/C18H26N6O2S/c1-5-7-12(22-15(19)10(2)3)14-11(4)21-17(27-14)23-18(26)24-9-6-8-13(24)16(20)25/h5,7,10,13H,1,6,8-9H2,2-4H3,(H2,19,22)(H2,20,25)(H,21,23,26)/b12-7-/t13-/m0/s1. The Kier molecular flexibility index (Phi) is 6.73. The summed E-state index contributed by atoms with van der Waals surface area (Å²) >= 11 is 1.29. The summed E-state index contributed by atoms with van der Waals surface area (Å²) in [6, 6.07) is -0.951. The van der Waals surface area contributed by atoms with Crippen molar-refractivity contribution in [3.05, 3.63) is 29.3 Å². The second kappa shape index (κ2) is 8.81. The number of thiazole rings is 1. The van der Waals surface area contributed by atoms with Gasteiger partial charge in [-0.3, -0.25) is 10.1 Å². The molecule has 9 heteroatoms. The van der Waals surface area contributed by atoms with Gasteiger partial charge in [0.05, 0.1) is 16.3 Å². The highest BCUT2D eigenvalue weighted by Crippen LogP contribution is 2.31. The Balaban J connectivity index is 2.23. The molecule has 8 nitrogen and oxygen atoms in total. The van der Waals surface area contributed by atoms with Crippen LogP contribution in [-0.4, -0.2) is 40.2 Å². The summed E-state index contributed by atoms with van der Waals surface area (Å²) < 4.78 is 0. The number of nitrogens with zero attached hydrogens (tertiary/aromatic N) is 3. The van der Waals surface area contributed by atoms with Gasteiger partial charge in [0.25, 0.3) is 0 Å². The van der Waals surface area contributed by atoms with Crippen LogP contribution in [0.2, 0.25) is 0 Å². The predicted molar refractivity (Wildman–Crippen MR) is 109 cm³/mol. The molecule has 0 unspecified atom stereocenters. The lowest BCUT2D eigenvalue weighted by atomic mass is 10.2. The van der Waals surface area contributed by atoms with Crippen molar-refractivity contribution in [2.45, 2.75) is 39.7 Å². The fraction of sp³-hybridized carbons (Fsp3) is 0.444. The molecule has 2 heterocycles. The second-order valence-corrected chi connectivity index (χ2v) is 7.60. The summed E-state index contributed by atoms with van der Waals surface area (Å²) in [7, 11) is 0. The number of amidine groups is 1. The minimum Gasteiger partial charge on any atom is -0.387 e. The predicted octanol–water partition coefficient (Wildman–Crippen LogP) is 2.47. The van der Waals surface area contributed by atoms with Crippen LogP contribution in [0.1, 0.15) is 37.3 Å². The SMILES string of the molecule is C=C/C=C(\N=C(N)C(C)C)c1sc(NC(=O)N2CCC[C@H]2C(N)=O)nc1C. The number of aromatic nitrogens is 1. The summed E-state index contributed by atoms with van der Waals surface area (Å²) in [6.45, 7) is 9.96. The lowest BCUT2D eigenvalue weighted by Crippen LogP contribution is -2.45. The minimum absolute atomic E-state index is 0.103. The Morgan fingerprint density at radius 1 is 1.44 bits per heavy atom. The third kappa shape index (κ3) is 4.94. The zero-order valence-corrected chi connectivity index (χ0v) is 16.7. The molecule has 27 heavy (non-hydrogen) atoms. The van der Waals surface area contributed by atoms with Crippen LogP contribution in [0.3, 0.4) is 0 Å². The van der Waals surface area contributed by atoms with Gasteiger partial charge in [0.1, 0.15) is 11.9 Å². The van der Waals surface area contributed by atoms with E-state index in [2.05, 4.69) is 21.9 Å². The van der Waals surface area contributed by atoms with Crippen molar-refractivity contribution in [2.75, 3.05) is 11.9 Å². The number of nitrogens with two attached hydrogens (primary N) is 2.